The van der Waals surface area contributed by atoms with Crippen LogP contribution in [-0.4, -0.2) is 30.1 Å². The van der Waals surface area contributed by atoms with Crippen LogP contribution < -0.4 is 25.6 Å². The first kappa shape index (κ1) is 25.6. The van der Waals surface area contributed by atoms with Crippen molar-refractivity contribution in [2.75, 3.05) is 13.2 Å². The summed E-state index contributed by atoms with van der Waals surface area (Å²) in [6.07, 6.45) is 1.98. The van der Waals surface area contributed by atoms with Gasteiger partial charge in [-0.15, -0.1) is 0 Å². The molecule has 2 aromatic carbocycles. The minimum absolute atomic E-state index is 0.0532. The van der Waals surface area contributed by atoms with E-state index in [2.05, 4.69) is 70.9 Å². The number of halogens is 3. The van der Waals surface area contributed by atoms with Gasteiger partial charge in [0.2, 0.25) is 0 Å². The number of ether oxygens (including phenoxy) is 2. The van der Waals surface area contributed by atoms with Crippen LogP contribution in [0, 0.1) is 0 Å². The first-order chi connectivity index (χ1) is 14.8. The van der Waals surface area contributed by atoms with Crippen molar-refractivity contribution in [3.63, 3.8) is 0 Å². The lowest BCUT2D eigenvalue weighted by Crippen LogP contribution is -2.49. The average molecular weight is 638 g/mol. The van der Waals surface area contributed by atoms with Gasteiger partial charge in [-0.25, -0.2) is 0 Å². The Bertz CT molecular complexity index is 959. The maximum atomic E-state index is 12.4. The molecule has 0 spiro atoms. The highest BCUT2D eigenvalue weighted by Crippen LogP contribution is 2.28. The molecule has 0 bridgehead atoms. The summed E-state index contributed by atoms with van der Waals surface area (Å²) in [6.45, 7) is 2.45. The number of thiocarbonyl (C=S) groups is 1. The molecule has 0 radical (unpaired) electrons. The van der Waals surface area contributed by atoms with E-state index in [-0.39, 0.29) is 11.7 Å². The Morgan fingerprint density at radius 1 is 0.968 bits per heavy atom. The zero-order chi connectivity index (χ0) is 22.8. The van der Waals surface area contributed by atoms with Crippen LogP contribution in [0.1, 0.15) is 30.1 Å². The van der Waals surface area contributed by atoms with Crippen LogP contribution in [-0.2, 0) is 4.79 Å². The third-order valence-corrected chi connectivity index (χ3v) is 5.68. The number of hydrogen-bond donors (Lipinski definition) is 3. The average Bonchev–Trinajstić information content (AvgIpc) is 2.72. The van der Waals surface area contributed by atoms with Crippen molar-refractivity contribution in [1.82, 2.24) is 16.2 Å². The number of hydrogen-bond acceptors (Lipinski definition) is 5. The summed E-state index contributed by atoms with van der Waals surface area (Å²) < 4.78 is 13.3. The molecular formula is C20H20Br3N3O4S. The van der Waals surface area contributed by atoms with Gasteiger partial charge >= 0.3 is 0 Å². The van der Waals surface area contributed by atoms with Crippen LogP contribution in [0.2, 0.25) is 0 Å². The fourth-order valence-corrected chi connectivity index (χ4v) is 3.99. The number of carbonyl (C=O) groups excluding carboxylic acids is 2. The number of benzene rings is 2. The first-order valence-corrected chi connectivity index (χ1v) is 12.0. The highest BCUT2D eigenvalue weighted by molar-refractivity contribution is 9.11. The van der Waals surface area contributed by atoms with Gasteiger partial charge in [0.05, 0.1) is 15.6 Å². The molecule has 2 amide bonds. The van der Waals surface area contributed by atoms with Gasteiger partial charge < -0.3 is 9.47 Å². The molecule has 0 saturated heterocycles. The van der Waals surface area contributed by atoms with Crippen molar-refractivity contribution in [3.05, 3.63) is 55.4 Å². The number of carbonyl (C=O) groups is 2. The van der Waals surface area contributed by atoms with E-state index in [1.54, 1.807) is 36.4 Å². The lowest BCUT2D eigenvalue weighted by atomic mass is 10.2. The van der Waals surface area contributed by atoms with Gasteiger partial charge in [-0.05, 0) is 86.9 Å². The van der Waals surface area contributed by atoms with Crippen LogP contribution in [0.4, 0.5) is 0 Å². The van der Waals surface area contributed by atoms with Gasteiger partial charge in [0.1, 0.15) is 11.5 Å². The third kappa shape index (κ3) is 8.76. The van der Waals surface area contributed by atoms with Gasteiger partial charge in [0.15, 0.2) is 11.7 Å². The predicted molar refractivity (Wildman–Crippen MR) is 133 cm³/mol. The van der Waals surface area contributed by atoms with E-state index < -0.39 is 11.8 Å². The number of nitrogens with one attached hydrogen (secondary N) is 3. The van der Waals surface area contributed by atoms with E-state index in [1.807, 2.05) is 0 Å². The topological polar surface area (TPSA) is 88.7 Å². The molecule has 2 rings (SSSR count). The summed E-state index contributed by atoms with van der Waals surface area (Å²) in [4.78, 5) is 24.3. The Morgan fingerprint density at radius 2 is 1.65 bits per heavy atom. The molecule has 0 unspecified atom stereocenters. The molecule has 0 atom stereocenters. The van der Waals surface area contributed by atoms with Crippen molar-refractivity contribution in [2.45, 2.75) is 19.8 Å². The van der Waals surface area contributed by atoms with Crippen LogP contribution in [0.25, 0.3) is 0 Å². The number of amides is 2. The monoisotopic (exact) mass is 635 g/mol. The highest BCUT2D eigenvalue weighted by Gasteiger charge is 2.12. The Balaban J connectivity index is 1.77. The summed E-state index contributed by atoms with van der Waals surface area (Å²) in [7, 11) is 0. The quantitative estimate of drug-likeness (QED) is 0.218. The minimum atomic E-state index is -0.470. The summed E-state index contributed by atoms with van der Waals surface area (Å²) in [6, 6.07) is 10.3. The number of unbranched alkanes of at least 4 members (excludes halogenated alkanes) is 1. The molecular weight excluding hydrogens is 618 g/mol. The fourth-order valence-electron chi connectivity index (χ4n) is 2.19. The van der Waals surface area contributed by atoms with Gasteiger partial charge in [-0.1, -0.05) is 29.3 Å². The second kappa shape index (κ2) is 13.0. The molecule has 0 saturated carbocycles. The van der Waals surface area contributed by atoms with Crippen molar-refractivity contribution in [2.24, 2.45) is 0 Å². The van der Waals surface area contributed by atoms with Crippen LogP contribution in [0.5, 0.6) is 11.5 Å². The van der Waals surface area contributed by atoms with E-state index in [4.69, 9.17) is 21.7 Å². The molecule has 7 nitrogen and oxygen atoms in total. The molecule has 166 valence electrons. The summed E-state index contributed by atoms with van der Waals surface area (Å²) >= 11 is 15.1. The minimum Gasteiger partial charge on any atom is -0.492 e. The lowest BCUT2D eigenvalue weighted by molar-refractivity contribution is -0.123. The largest absolute Gasteiger partial charge is 0.492 e. The molecule has 31 heavy (non-hydrogen) atoms. The Labute approximate surface area is 211 Å². The number of hydrazine groups is 1. The molecule has 11 heteroatoms. The predicted octanol–water partition coefficient (Wildman–Crippen LogP) is 4.87. The van der Waals surface area contributed by atoms with Crippen LogP contribution >= 0.6 is 60.0 Å². The molecule has 0 heterocycles. The van der Waals surface area contributed by atoms with Crippen molar-refractivity contribution < 1.29 is 19.1 Å². The van der Waals surface area contributed by atoms with E-state index in [0.29, 0.717) is 32.6 Å². The molecule has 0 aromatic heterocycles. The lowest BCUT2D eigenvalue weighted by Gasteiger charge is -2.13. The zero-order valence-corrected chi connectivity index (χ0v) is 22.0. The fraction of sp³-hybridized carbons (Fsp3) is 0.250. The Kier molecular flexibility index (Phi) is 10.7. The van der Waals surface area contributed by atoms with Crippen molar-refractivity contribution in [3.8, 4) is 11.5 Å². The third-order valence-electron chi connectivity index (χ3n) is 3.74. The van der Waals surface area contributed by atoms with E-state index in [1.165, 1.54) is 0 Å². The van der Waals surface area contributed by atoms with Gasteiger partial charge in [-0.2, -0.15) is 0 Å². The zero-order valence-electron chi connectivity index (χ0n) is 16.5. The normalized spacial score (nSPS) is 10.2. The van der Waals surface area contributed by atoms with Crippen molar-refractivity contribution >= 4 is 76.9 Å². The Hall–Kier alpha value is -1.69. The SMILES string of the molecule is CCCCOc1ccc(C(=O)NC(=S)NNC(=O)COc2ccc(Br)cc2Br)cc1Br. The van der Waals surface area contributed by atoms with E-state index >= 15 is 0 Å². The summed E-state index contributed by atoms with van der Waals surface area (Å²) in [5, 5.41) is 2.44. The number of rotatable bonds is 8. The standard InChI is InChI=1S/C20H20Br3N3O4S/c1-2-3-8-29-16-6-4-12(9-14(16)22)19(28)24-20(31)26-25-18(27)11-30-17-7-5-13(21)10-15(17)23/h4-7,9-10H,2-3,8,11H2,1H3,(H,25,27)(H2,24,26,28,31). The maximum absolute atomic E-state index is 12.4. The van der Waals surface area contributed by atoms with Crippen LogP contribution in [0.15, 0.2) is 49.8 Å². The van der Waals surface area contributed by atoms with Gasteiger partial charge in [0.25, 0.3) is 11.8 Å². The molecule has 0 fully saturated rings. The second-order valence-electron chi connectivity index (χ2n) is 6.17. The van der Waals surface area contributed by atoms with E-state index in [9.17, 15) is 9.59 Å². The van der Waals surface area contributed by atoms with Crippen LogP contribution in [0.3, 0.4) is 0 Å². The highest BCUT2D eigenvalue weighted by atomic mass is 79.9. The van der Waals surface area contributed by atoms with E-state index in [0.717, 1.165) is 17.3 Å². The summed E-state index contributed by atoms with van der Waals surface area (Å²) in [5.41, 5.74) is 5.22. The smallest absolute Gasteiger partial charge is 0.276 e. The molecule has 2 aromatic rings. The molecule has 0 aliphatic rings. The maximum Gasteiger partial charge on any atom is 0.276 e. The van der Waals surface area contributed by atoms with Gasteiger partial charge in [0, 0.05) is 10.0 Å². The first-order valence-electron chi connectivity index (χ1n) is 9.20. The molecule has 0 aliphatic heterocycles. The van der Waals surface area contributed by atoms with Gasteiger partial charge in [-0.3, -0.25) is 25.8 Å². The Morgan fingerprint density at radius 3 is 2.32 bits per heavy atom. The second-order valence-corrected chi connectivity index (χ2v) is 9.20. The van der Waals surface area contributed by atoms with Crippen molar-refractivity contribution in [1.29, 1.82) is 0 Å². The summed E-state index contributed by atoms with van der Waals surface area (Å²) in [5.74, 6) is 0.280. The molecule has 0 aliphatic carbocycles. The molecule has 3 N–H and O–H groups in total.